The van der Waals surface area contributed by atoms with Gasteiger partial charge < -0.3 is 21.1 Å². The van der Waals surface area contributed by atoms with Gasteiger partial charge in [0.05, 0.1) is 5.52 Å². The quantitative estimate of drug-likeness (QED) is 0.556. The Morgan fingerprint density at radius 2 is 2.44 bits per heavy atom. The second-order valence-electron chi connectivity index (χ2n) is 3.97. The van der Waals surface area contributed by atoms with Crippen LogP contribution in [0.3, 0.4) is 0 Å². The standard InChI is InChI=1S/C11H15N5O2/c12-7(10(17)18)3-1-6-14-11-15-8-4-2-5-13-9(8)16-11/h2,4-5,7H,1,3,6,12H2,(H,17,18)(H2,13,14,15,16). The molecule has 96 valence electrons. The summed E-state index contributed by atoms with van der Waals surface area (Å²) in [4.78, 5) is 21.9. The Labute approximate surface area is 103 Å². The second-order valence-corrected chi connectivity index (χ2v) is 3.97. The fourth-order valence-electron chi connectivity index (χ4n) is 1.58. The molecule has 5 N–H and O–H groups in total. The third-order valence-corrected chi connectivity index (χ3v) is 2.56. The predicted octanol–water partition coefficient (Wildman–Crippen LogP) is 0.562. The molecule has 18 heavy (non-hydrogen) atoms. The lowest BCUT2D eigenvalue weighted by molar-refractivity contribution is -0.138. The van der Waals surface area contributed by atoms with Gasteiger partial charge in [-0.3, -0.25) is 4.79 Å². The third-order valence-electron chi connectivity index (χ3n) is 2.56. The highest BCUT2D eigenvalue weighted by Crippen LogP contribution is 2.10. The molecular weight excluding hydrogens is 234 g/mol. The molecule has 0 spiro atoms. The number of nitrogens with two attached hydrogens (primary N) is 1. The number of pyridine rings is 1. The van der Waals surface area contributed by atoms with Crippen molar-refractivity contribution in [3.05, 3.63) is 18.3 Å². The first-order valence-corrected chi connectivity index (χ1v) is 5.70. The van der Waals surface area contributed by atoms with Crippen LogP contribution in [0.5, 0.6) is 0 Å². The zero-order valence-corrected chi connectivity index (χ0v) is 9.76. The van der Waals surface area contributed by atoms with Gasteiger partial charge in [0.2, 0.25) is 5.95 Å². The number of imidazole rings is 1. The molecule has 0 fully saturated rings. The number of aromatic nitrogens is 3. The van der Waals surface area contributed by atoms with Crippen molar-refractivity contribution in [1.82, 2.24) is 15.0 Å². The largest absolute Gasteiger partial charge is 0.480 e. The van der Waals surface area contributed by atoms with Crippen LogP contribution in [0.25, 0.3) is 11.2 Å². The Hall–Kier alpha value is -2.15. The van der Waals surface area contributed by atoms with Crippen molar-refractivity contribution in [2.24, 2.45) is 5.73 Å². The predicted molar refractivity (Wildman–Crippen MR) is 67.2 cm³/mol. The number of aromatic amines is 1. The molecule has 0 amide bonds. The van der Waals surface area contributed by atoms with Crippen LogP contribution in [0.15, 0.2) is 18.3 Å². The molecule has 7 heteroatoms. The summed E-state index contributed by atoms with van der Waals surface area (Å²) in [6, 6.07) is 2.92. The Balaban J connectivity index is 1.81. The second kappa shape index (κ2) is 5.46. The monoisotopic (exact) mass is 249 g/mol. The first-order valence-electron chi connectivity index (χ1n) is 5.70. The Morgan fingerprint density at radius 1 is 1.61 bits per heavy atom. The molecule has 0 radical (unpaired) electrons. The van der Waals surface area contributed by atoms with Crippen LogP contribution >= 0.6 is 0 Å². The fourth-order valence-corrected chi connectivity index (χ4v) is 1.58. The first kappa shape index (κ1) is 12.3. The van der Waals surface area contributed by atoms with Crippen molar-refractivity contribution in [3.63, 3.8) is 0 Å². The number of rotatable bonds is 6. The minimum atomic E-state index is -0.970. The molecule has 0 aliphatic carbocycles. The van der Waals surface area contributed by atoms with Gasteiger partial charge in [0.1, 0.15) is 6.04 Å². The number of nitrogens with zero attached hydrogens (tertiary/aromatic N) is 2. The minimum absolute atomic E-state index is 0.431. The molecule has 0 saturated heterocycles. The number of hydrogen-bond donors (Lipinski definition) is 4. The molecule has 7 nitrogen and oxygen atoms in total. The average Bonchev–Trinajstić information content (AvgIpc) is 2.76. The van der Waals surface area contributed by atoms with Crippen molar-refractivity contribution in [3.8, 4) is 0 Å². The Morgan fingerprint density at radius 3 is 3.17 bits per heavy atom. The van der Waals surface area contributed by atoms with Gasteiger partial charge >= 0.3 is 5.97 Å². The van der Waals surface area contributed by atoms with Crippen LogP contribution in [-0.4, -0.2) is 38.6 Å². The van der Waals surface area contributed by atoms with E-state index in [1.807, 2.05) is 12.1 Å². The highest BCUT2D eigenvalue weighted by Gasteiger charge is 2.10. The lowest BCUT2D eigenvalue weighted by atomic mass is 10.2. The number of fused-ring (bicyclic) bond motifs is 1. The molecular formula is C11H15N5O2. The van der Waals surface area contributed by atoms with Gasteiger partial charge in [-0.1, -0.05) is 0 Å². The van der Waals surface area contributed by atoms with Gasteiger partial charge in [-0.05, 0) is 25.0 Å². The lowest BCUT2D eigenvalue weighted by Crippen LogP contribution is -2.30. The molecule has 0 aliphatic rings. The normalized spacial score (nSPS) is 12.5. The molecule has 2 rings (SSSR count). The van der Waals surface area contributed by atoms with Gasteiger partial charge in [0.25, 0.3) is 0 Å². The molecule has 2 aromatic rings. The van der Waals surface area contributed by atoms with Crippen LogP contribution in [0.2, 0.25) is 0 Å². The van der Waals surface area contributed by atoms with Crippen molar-refractivity contribution in [2.75, 3.05) is 11.9 Å². The van der Waals surface area contributed by atoms with E-state index in [1.165, 1.54) is 0 Å². The van der Waals surface area contributed by atoms with Crippen molar-refractivity contribution >= 4 is 23.1 Å². The summed E-state index contributed by atoms with van der Waals surface area (Å²) in [6.45, 7) is 0.612. The van der Waals surface area contributed by atoms with Crippen LogP contribution in [-0.2, 0) is 4.79 Å². The number of H-pyrrole nitrogens is 1. The molecule has 1 atom stereocenters. The van der Waals surface area contributed by atoms with Crippen LogP contribution < -0.4 is 11.1 Å². The third kappa shape index (κ3) is 2.95. The number of carboxylic acids is 1. The van der Waals surface area contributed by atoms with Gasteiger partial charge in [-0.25, -0.2) is 4.98 Å². The van der Waals surface area contributed by atoms with E-state index in [0.29, 0.717) is 31.0 Å². The Kier molecular flexibility index (Phi) is 3.73. The van der Waals surface area contributed by atoms with E-state index >= 15 is 0 Å². The number of aliphatic carboxylic acids is 1. The summed E-state index contributed by atoms with van der Waals surface area (Å²) in [7, 11) is 0. The zero-order valence-electron chi connectivity index (χ0n) is 9.76. The first-order chi connectivity index (χ1) is 8.66. The van der Waals surface area contributed by atoms with E-state index in [2.05, 4.69) is 20.3 Å². The van der Waals surface area contributed by atoms with Gasteiger partial charge in [0.15, 0.2) is 5.65 Å². The van der Waals surface area contributed by atoms with Crippen molar-refractivity contribution in [2.45, 2.75) is 18.9 Å². The molecule has 0 saturated carbocycles. The molecule has 0 aliphatic heterocycles. The van der Waals surface area contributed by atoms with E-state index in [1.54, 1.807) is 6.20 Å². The summed E-state index contributed by atoms with van der Waals surface area (Å²) in [6.07, 6.45) is 2.78. The van der Waals surface area contributed by atoms with E-state index < -0.39 is 12.0 Å². The number of nitrogens with one attached hydrogen (secondary N) is 2. The average molecular weight is 249 g/mol. The van der Waals surface area contributed by atoms with Crippen LogP contribution in [0, 0.1) is 0 Å². The summed E-state index contributed by atoms with van der Waals surface area (Å²) in [5.41, 5.74) is 6.91. The smallest absolute Gasteiger partial charge is 0.320 e. The van der Waals surface area contributed by atoms with Crippen LogP contribution in [0.1, 0.15) is 12.8 Å². The van der Waals surface area contributed by atoms with Gasteiger partial charge in [-0.2, -0.15) is 4.98 Å². The van der Waals surface area contributed by atoms with E-state index in [-0.39, 0.29) is 0 Å². The number of hydrogen-bond acceptors (Lipinski definition) is 5. The number of carboxylic acid groups (broad SMARTS) is 1. The van der Waals surface area contributed by atoms with E-state index in [9.17, 15) is 4.79 Å². The minimum Gasteiger partial charge on any atom is -0.480 e. The number of carbonyl (C=O) groups is 1. The fraction of sp³-hybridized carbons (Fsp3) is 0.364. The maximum absolute atomic E-state index is 10.5. The molecule has 2 heterocycles. The SMILES string of the molecule is NC(CCCNc1nc2ncccc2[nH]1)C(=O)O. The molecule has 1 unspecified atom stereocenters. The van der Waals surface area contributed by atoms with Crippen LogP contribution in [0.4, 0.5) is 5.95 Å². The summed E-state index contributed by atoms with van der Waals surface area (Å²) in [5.74, 6) is -0.337. The molecule has 0 aromatic carbocycles. The van der Waals surface area contributed by atoms with E-state index in [0.717, 1.165) is 5.52 Å². The zero-order chi connectivity index (χ0) is 13.0. The molecule has 2 aromatic heterocycles. The van der Waals surface area contributed by atoms with E-state index in [4.69, 9.17) is 10.8 Å². The number of anilines is 1. The lowest BCUT2D eigenvalue weighted by Gasteiger charge is -2.06. The maximum atomic E-state index is 10.5. The summed E-state index contributed by atoms with van der Waals surface area (Å²) < 4.78 is 0. The van der Waals surface area contributed by atoms with Crippen molar-refractivity contribution < 1.29 is 9.90 Å². The topological polar surface area (TPSA) is 117 Å². The highest BCUT2D eigenvalue weighted by atomic mass is 16.4. The highest BCUT2D eigenvalue weighted by molar-refractivity contribution is 5.73. The molecule has 0 bridgehead atoms. The summed E-state index contributed by atoms with van der Waals surface area (Å²) >= 11 is 0. The summed E-state index contributed by atoms with van der Waals surface area (Å²) in [5, 5.41) is 11.7. The van der Waals surface area contributed by atoms with Crippen molar-refractivity contribution in [1.29, 1.82) is 0 Å². The van der Waals surface area contributed by atoms with Gasteiger partial charge in [-0.15, -0.1) is 0 Å². The van der Waals surface area contributed by atoms with Gasteiger partial charge in [0, 0.05) is 12.7 Å². The Bertz CT molecular complexity index is 506. The maximum Gasteiger partial charge on any atom is 0.320 e.